The SMILES string of the molecule is ClN1C2c3ccccc3C1C1C3C=CC(CC3)C12. The number of hydrogen-bond donors (Lipinski definition) is 0. The van der Waals surface area contributed by atoms with Crippen LogP contribution in [0, 0.1) is 23.7 Å². The standard InChI is InChI=1S/C16H16ClN/c17-18-15-11-3-1-2-4-12(11)16(18)14-10-7-5-9(6-8-10)13(14)15/h1-5,7,9-10,13-16H,6,8H2. The molecule has 6 atom stereocenters. The summed E-state index contributed by atoms with van der Waals surface area (Å²) < 4.78 is 2.15. The fourth-order valence-electron chi connectivity index (χ4n) is 5.20. The molecule has 1 saturated heterocycles. The first-order valence-electron chi connectivity index (χ1n) is 7.07. The number of benzene rings is 1. The normalized spacial score (nSPS) is 47.4. The van der Waals surface area contributed by atoms with Crippen molar-refractivity contribution in [2.45, 2.75) is 24.9 Å². The molecule has 0 N–H and O–H groups in total. The topological polar surface area (TPSA) is 3.24 Å². The smallest absolute Gasteiger partial charge is 0.0548 e. The van der Waals surface area contributed by atoms with Crippen LogP contribution in [0.1, 0.15) is 36.1 Å². The van der Waals surface area contributed by atoms with Gasteiger partial charge in [-0.3, -0.25) is 0 Å². The van der Waals surface area contributed by atoms with Gasteiger partial charge in [-0.05, 0) is 59.4 Å². The van der Waals surface area contributed by atoms with Gasteiger partial charge in [-0.1, -0.05) is 36.4 Å². The molecule has 6 unspecified atom stereocenters. The summed E-state index contributed by atoms with van der Waals surface area (Å²) in [7, 11) is 0. The van der Waals surface area contributed by atoms with E-state index < -0.39 is 0 Å². The van der Waals surface area contributed by atoms with Crippen LogP contribution < -0.4 is 0 Å². The van der Waals surface area contributed by atoms with Crippen LogP contribution in [0.3, 0.4) is 0 Å². The fourth-order valence-corrected chi connectivity index (χ4v) is 5.67. The van der Waals surface area contributed by atoms with Gasteiger partial charge in [-0.25, -0.2) is 4.42 Å². The summed E-state index contributed by atoms with van der Waals surface area (Å²) in [6.45, 7) is 0. The molecule has 18 heavy (non-hydrogen) atoms. The van der Waals surface area contributed by atoms with Gasteiger partial charge in [0.15, 0.2) is 0 Å². The molecule has 0 spiro atoms. The van der Waals surface area contributed by atoms with Crippen LogP contribution in [0.4, 0.5) is 0 Å². The molecule has 0 radical (unpaired) electrons. The number of rotatable bonds is 0. The molecular formula is C16H16ClN. The number of allylic oxidation sites excluding steroid dienone is 2. The van der Waals surface area contributed by atoms with Crippen molar-refractivity contribution in [3.05, 3.63) is 47.5 Å². The summed E-state index contributed by atoms with van der Waals surface area (Å²) in [6.07, 6.45) is 7.70. The molecule has 6 rings (SSSR count). The highest BCUT2D eigenvalue weighted by Crippen LogP contribution is 2.68. The van der Waals surface area contributed by atoms with Crippen molar-refractivity contribution < 1.29 is 0 Å². The summed E-state index contributed by atoms with van der Waals surface area (Å²) in [5, 5.41) is 0. The molecule has 3 aliphatic carbocycles. The zero-order valence-electron chi connectivity index (χ0n) is 10.2. The van der Waals surface area contributed by atoms with E-state index in [1.54, 1.807) is 0 Å². The monoisotopic (exact) mass is 257 g/mol. The predicted octanol–water partition coefficient (Wildman–Crippen LogP) is 4.08. The van der Waals surface area contributed by atoms with Crippen molar-refractivity contribution in [2.75, 3.05) is 0 Å². The van der Waals surface area contributed by atoms with E-state index in [0.29, 0.717) is 12.1 Å². The summed E-state index contributed by atoms with van der Waals surface area (Å²) in [5.74, 6) is 3.08. The minimum Gasteiger partial charge on any atom is -0.205 e. The highest BCUT2D eigenvalue weighted by molar-refractivity contribution is 6.14. The lowest BCUT2D eigenvalue weighted by molar-refractivity contribution is 0.122. The second-order valence-corrected chi connectivity index (χ2v) is 6.70. The molecule has 1 aromatic carbocycles. The van der Waals surface area contributed by atoms with Gasteiger partial charge < -0.3 is 0 Å². The van der Waals surface area contributed by atoms with Crippen LogP contribution in [0.2, 0.25) is 0 Å². The van der Waals surface area contributed by atoms with Crippen molar-refractivity contribution in [2.24, 2.45) is 23.7 Å². The maximum Gasteiger partial charge on any atom is 0.0548 e. The highest BCUT2D eigenvalue weighted by atomic mass is 35.5. The Bertz CT molecular complexity index is 505. The number of nitrogens with zero attached hydrogens (tertiary/aromatic N) is 1. The highest BCUT2D eigenvalue weighted by Gasteiger charge is 2.61. The van der Waals surface area contributed by atoms with Gasteiger partial charge in [0.25, 0.3) is 0 Å². The first-order valence-corrected chi connectivity index (χ1v) is 7.41. The second-order valence-electron chi connectivity index (χ2n) is 6.31. The Balaban J connectivity index is 1.73. The van der Waals surface area contributed by atoms with Crippen LogP contribution in [0.5, 0.6) is 0 Å². The lowest BCUT2D eigenvalue weighted by atomic mass is 9.57. The molecule has 2 fully saturated rings. The zero-order valence-corrected chi connectivity index (χ0v) is 10.9. The summed E-state index contributed by atoms with van der Waals surface area (Å²) >= 11 is 6.68. The van der Waals surface area contributed by atoms with Crippen molar-refractivity contribution in [3.63, 3.8) is 0 Å². The minimum absolute atomic E-state index is 0.468. The van der Waals surface area contributed by atoms with E-state index in [-0.39, 0.29) is 0 Å². The number of hydrogen-bond acceptors (Lipinski definition) is 1. The average molecular weight is 258 g/mol. The van der Waals surface area contributed by atoms with E-state index >= 15 is 0 Å². The van der Waals surface area contributed by atoms with E-state index in [4.69, 9.17) is 11.8 Å². The van der Waals surface area contributed by atoms with Gasteiger partial charge >= 0.3 is 0 Å². The summed E-state index contributed by atoms with van der Waals surface area (Å²) in [5.41, 5.74) is 3.00. The van der Waals surface area contributed by atoms with Gasteiger partial charge in [0.2, 0.25) is 0 Å². The first kappa shape index (κ1) is 10.1. The molecule has 1 nitrogen and oxygen atoms in total. The van der Waals surface area contributed by atoms with Gasteiger partial charge in [0, 0.05) is 0 Å². The maximum absolute atomic E-state index is 6.68. The third kappa shape index (κ3) is 0.972. The number of halogens is 1. The molecule has 92 valence electrons. The molecule has 2 aliphatic heterocycles. The minimum atomic E-state index is 0.468. The third-order valence-electron chi connectivity index (χ3n) is 5.77. The van der Waals surface area contributed by atoms with Crippen LogP contribution >= 0.6 is 11.8 Å². The van der Waals surface area contributed by atoms with Crippen LogP contribution in [-0.4, -0.2) is 4.42 Å². The van der Waals surface area contributed by atoms with Crippen molar-refractivity contribution >= 4 is 11.8 Å². The van der Waals surface area contributed by atoms with Gasteiger partial charge in [-0.2, -0.15) is 0 Å². The van der Waals surface area contributed by atoms with Crippen LogP contribution in [0.15, 0.2) is 36.4 Å². The molecule has 5 aliphatic rings. The Hall–Kier alpha value is -0.790. The quantitative estimate of drug-likeness (QED) is 0.500. The van der Waals surface area contributed by atoms with E-state index in [2.05, 4.69) is 40.8 Å². The van der Waals surface area contributed by atoms with E-state index in [1.807, 2.05) is 0 Å². The molecule has 2 heterocycles. The molecule has 1 aromatic rings. The molecular weight excluding hydrogens is 242 g/mol. The van der Waals surface area contributed by atoms with Crippen LogP contribution in [0.25, 0.3) is 0 Å². The van der Waals surface area contributed by atoms with E-state index in [9.17, 15) is 0 Å². The maximum atomic E-state index is 6.68. The van der Waals surface area contributed by atoms with E-state index in [0.717, 1.165) is 23.7 Å². The average Bonchev–Trinajstić information content (AvgIpc) is 2.90. The Morgan fingerprint density at radius 1 is 0.889 bits per heavy atom. The largest absolute Gasteiger partial charge is 0.205 e. The summed E-state index contributed by atoms with van der Waals surface area (Å²) in [6, 6.07) is 9.84. The summed E-state index contributed by atoms with van der Waals surface area (Å²) in [4.78, 5) is 0. The third-order valence-corrected chi connectivity index (χ3v) is 6.19. The van der Waals surface area contributed by atoms with Crippen molar-refractivity contribution in [3.8, 4) is 0 Å². The molecule has 0 amide bonds. The fraction of sp³-hybridized carbons (Fsp3) is 0.500. The molecule has 2 heteroatoms. The van der Waals surface area contributed by atoms with Gasteiger partial charge in [0.1, 0.15) is 0 Å². The molecule has 1 saturated carbocycles. The first-order chi connectivity index (χ1) is 8.86. The molecule has 0 aromatic heterocycles. The van der Waals surface area contributed by atoms with Crippen LogP contribution in [-0.2, 0) is 0 Å². The van der Waals surface area contributed by atoms with E-state index in [1.165, 1.54) is 24.0 Å². The lowest BCUT2D eigenvalue weighted by Crippen LogP contribution is -2.39. The Morgan fingerprint density at radius 3 is 1.83 bits per heavy atom. The lowest BCUT2D eigenvalue weighted by Gasteiger charge is -2.46. The molecule has 4 bridgehead atoms. The zero-order chi connectivity index (χ0) is 11.9. The number of fused-ring (bicyclic) bond motifs is 6. The van der Waals surface area contributed by atoms with Crippen molar-refractivity contribution in [1.29, 1.82) is 0 Å². The Kier molecular flexibility index (Phi) is 1.79. The Morgan fingerprint density at radius 2 is 1.39 bits per heavy atom. The second kappa shape index (κ2) is 3.20. The Labute approximate surface area is 113 Å². The predicted molar refractivity (Wildman–Crippen MR) is 72.0 cm³/mol. The van der Waals surface area contributed by atoms with Crippen molar-refractivity contribution in [1.82, 2.24) is 4.42 Å². The van der Waals surface area contributed by atoms with Gasteiger partial charge in [0.05, 0.1) is 12.1 Å². The van der Waals surface area contributed by atoms with Gasteiger partial charge in [-0.15, -0.1) is 0 Å².